The summed E-state index contributed by atoms with van der Waals surface area (Å²) in [6.45, 7) is 0. The van der Waals surface area contributed by atoms with Crippen molar-refractivity contribution < 1.29 is 0 Å². The second-order valence-electron chi connectivity index (χ2n) is 12.3. The fraction of sp³-hybridized carbons (Fsp3) is 0. The molecule has 0 N–H and O–H groups in total. The van der Waals surface area contributed by atoms with E-state index in [2.05, 4.69) is 88.0 Å². The Bertz CT molecular complexity index is 2960. The lowest BCUT2D eigenvalue weighted by molar-refractivity contribution is 1.16. The number of hydrogen-bond donors (Lipinski definition) is 0. The Morgan fingerprint density at radius 1 is 0.400 bits per heavy atom. The summed E-state index contributed by atoms with van der Waals surface area (Å²) < 4.78 is 4.33. The minimum atomic E-state index is 0.528. The van der Waals surface area contributed by atoms with Gasteiger partial charge in [-0.1, -0.05) is 91.0 Å². The van der Waals surface area contributed by atoms with E-state index in [0.717, 1.165) is 77.2 Å². The molecule has 0 aliphatic carbocycles. The largest absolute Gasteiger partial charge is 0.309 e. The molecule has 5 heteroatoms. The summed E-state index contributed by atoms with van der Waals surface area (Å²) in [6.07, 6.45) is 0. The molecule has 0 unspecified atom stereocenters. The van der Waals surface area contributed by atoms with Crippen molar-refractivity contribution >= 4 is 43.6 Å². The zero-order valence-corrected chi connectivity index (χ0v) is 26.7. The Balaban J connectivity index is 1.19. The third kappa shape index (κ3) is 4.31. The predicted molar refractivity (Wildman–Crippen MR) is 200 cm³/mol. The van der Waals surface area contributed by atoms with Crippen LogP contribution in [0.15, 0.2) is 152 Å². The molecule has 2 aromatic heterocycles. The molecule has 0 spiro atoms. The van der Waals surface area contributed by atoms with Gasteiger partial charge in [0.1, 0.15) is 12.1 Å². The fourth-order valence-electron chi connectivity index (χ4n) is 7.44. The van der Waals surface area contributed by atoms with Crippen molar-refractivity contribution in [2.75, 3.05) is 0 Å². The molecule has 0 radical (unpaired) electrons. The molecule has 7 aromatic carbocycles. The van der Waals surface area contributed by atoms with Crippen LogP contribution in [0, 0.1) is 34.0 Å². The van der Waals surface area contributed by atoms with Crippen LogP contribution in [0.25, 0.3) is 77.2 Å². The van der Waals surface area contributed by atoms with Crippen molar-refractivity contribution in [1.29, 1.82) is 15.8 Å². The molecule has 0 aliphatic heterocycles. The maximum Gasteiger partial charge on any atom is 0.101 e. The van der Waals surface area contributed by atoms with Gasteiger partial charge in [0.2, 0.25) is 0 Å². The molecule has 5 nitrogen and oxygen atoms in total. The molecular formula is C45H25N5. The molecule has 0 atom stereocenters. The van der Waals surface area contributed by atoms with E-state index in [1.54, 1.807) is 0 Å². The second kappa shape index (κ2) is 11.4. The number of nitriles is 3. The van der Waals surface area contributed by atoms with Gasteiger partial charge in [-0.3, -0.25) is 0 Å². The van der Waals surface area contributed by atoms with E-state index in [0.29, 0.717) is 16.7 Å². The fourth-order valence-corrected chi connectivity index (χ4v) is 7.44. The molecule has 2 heterocycles. The van der Waals surface area contributed by atoms with E-state index in [1.807, 2.05) is 91.0 Å². The van der Waals surface area contributed by atoms with Crippen LogP contribution in [0.3, 0.4) is 0 Å². The highest BCUT2D eigenvalue weighted by Crippen LogP contribution is 2.40. The Kier molecular flexibility index (Phi) is 6.56. The molecule has 0 saturated heterocycles. The summed E-state index contributed by atoms with van der Waals surface area (Å²) in [7, 11) is 0. The van der Waals surface area contributed by atoms with Crippen LogP contribution in [-0.4, -0.2) is 9.13 Å². The topological polar surface area (TPSA) is 81.2 Å². The molecule has 9 rings (SSSR count). The molecule has 0 aliphatic rings. The third-order valence-electron chi connectivity index (χ3n) is 9.63. The summed E-state index contributed by atoms with van der Waals surface area (Å²) in [6, 6.07) is 57.9. The summed E-state index contributed by atoms with van der Waals surface area (Å²) >= 11 is 0. The maximum atomic E-state index is 10.4. The SMILES string of the molecule is N#Cc1ccc2c(c1)c1ccccc1n2-c1ccc(-c2cccc(-c3cccc(C#N)c3-n3c4ccccc4c4cccc(C#N)c43)c2)cc1. The summed E-state index contributed by atoms with van der Waals surface area (Å²) in [4.78, 5) is 0. The molecule has 0 fully saturated rings. The van der Waals surface area contributed by atoms with Crippen molar-refractivity contribution in [2.24, 2.45) is 0 Å². The molecule has 9 aromatic rings. The van der Waals surface area contributed by atoms with Gasteiger partial charge in [-0.15, -0.1) is 0 Å². The minimum absolute atomic E-state index is 0.528. The summed E-state index contributed by atoms with van der Waals surface area (Å²) in [5.41, 5.74) is 11.4. The molecule has 0 amide bonds. The van der Waals surface area contributed by atoms with Gasteiger partial charge in [0.15, 0.2) is 0 Å². The van der Waals surface area contributed by atoms with E-state index in [-0.39, 0.29) is 0 Å². The van der Waals surface area contributed by atoms with Crippen LogP contribution in [0.1, 0.15) is 16.7 Å². The molecule has 0 bridgehead atoms. The highest BCUT2D eigenvalue weighted by atomic mass is 15.0. The Morgan fingerprint density at radius 3 is 1.78 bits per heavy atom. The first-order chi connectivity index (χ1) is 24.7. The zero-order valence-electron chi connectivity index (χ0n) is 26.7. The molecule has 50 heavy (non-hydrogen) atoms. The van der Waals surface area contributed by atoms with Crippen molar-refractivity contribution in [2.45, 2.75) is 0 Å². The van der Waals surface area contributed by atoms with Gasteiger partial charge >= 0.3 is 0 Å². The van der Waals surface area contributed by atoms with Gasteiger partial charge in [-0.2, -0.15) is 15.8 Å². The molecular weight excluding hydrogens is 611 g/mol. The van der Waals surface area contributed by atoms with Gasteiger partial charge in [0.05, 0.1) is 50.5 Å². The average molecular weight is 636 g/mol. The lowest BCUT2D eigenvalue weighted by atomic mass is 9.96. The first kappa shape index (κ1) is 28.8. The molecule has 230 valence electrons. The van der Waals surface area contributed by atoms with E-state index in [1.165, 1.54) is 0 Å². The van der Waals surface area contributed by atoms with Crippen molar-refractivity contribution in [1.82, 2.24) is 9.13 Å². The zero-order chi connectivity index (χ0) is 33.8. The average Bonchev–Trinajstić information content (AvgIpc) is 3.70. The minimum Gasteiger partial charge on any atom is -0.309 e. The summed E-state index contributed by atoms with van der Waals surface area (Å²) in [5, 5.41) is 34.3. The standard InChI is InChI=1S/C45H25N5/c46-26-29-18-23-43-40(24-29)38-13-2-3-16-41(38)49(43)35-21-19-30(20-22-35)31-8-5-9-32(25-31)36-14-6-10-33(27-47)44(36)50-42-17-4-1-12-37(42)39-15-7-11-34(28-48)45(39)50/h1-25H. The second-order valence-corrected chi connectivity index (χ2v) is 12.3. The Hall–Kier alpha value is -7.39. The summed E-state index contributed by atoms with van der Waals surface area (Å²) in [5.74, 6) is 0. The first-order valence-corrected chi connectivity index (χ1v) is 16.3. The van der Waals surface area contributed by atoms with Gasteiger partial charge in [-0.25, -0.2) is 0 Å². The van der Waals surface area contributed by atoms with Crippen molar-refractivity contribution in [3.63, 3.8) is 0 Å². The van der Waals surface area contributed by atoms with Gasteiger partial charge in [-0.05, 0) is 77.4 Å². The quantitative estimate of drug-likeness (QED) is 0.193. The van der Waals surface area contributed by atoms with Crippen LogP contribution in [0.2, 0.25) is 0 Å². The number of benzene rings is 7. The molecule has 0 saturated carbocycles. The number of hydrogen-bond acceptors (Lipinski definition) is 3. The monoisotopic (exact) mass is 635 g/mol. The number of aromatic nitrogens is 2. The first-order valence-electron chi connectivity index (χ1n) is 16.3. The van der Waals surface area contributed by atoms with Crippen molar-refractivity contribution in [3.05, 3.63) is 168 Å². The predicted octanol–water partition coefficient (Wildman–Crippen LogP) is 10.8. The smallest absolute Gasteiger partial charge is 0.101 e. The van der Waals surface area contributed by atoms with E-state index in [9.17, 15) is 15.8 Å². The number of rotatable bonds is 4. The van der Waals surface area contributed by atoms with E-state index < -0.39 is 0 Å². The Labute approximate surface area is 287 Å². The van der Waals surface area contributed by atoms with Gasteiger partial charge in [0.25, 0.3) is 0 Å². The maximum absolute atomic E-state index is 10.4. The number of para-hydroxylation sites is 4. The van der Waals surface area contributed by atoms with Crippen molar-refractivity contribution in [3.8, 4) is 51.8 Å². The van der Waals surface area contributed by atoms with E-state index in [4.69, 9.17) is 0 Å². The van der Waals surface area contributed by atoms with Gasteiger partial charge < -0.3 is 9.13 Å². The highest BCUT2D eigenvalue weighted by Gasteiger charge is 2.21. The number of nitrogens with zero attached hydrogens (tertiary/aromatic N) is 5. The highest BCUT2D eigenvalue weighted by molar-refractivity contribution is 6.12. The Morgan fingerprint density at radius 2 is 1.02 bits per heavy atom. The number of fused-ring (bicyclic) bond motifs is 6. The normalized spacial score (nSPS) is 11.1. The van der Waals surface area contributed by atoms with Crippen LogP contribution in [-0.2, 0) is 0 Å². The van der Waals surface area contributed by atoms with Crippen LogP contribution < -0.4 is 0 Å². The van der Waals surface area contributed by atoms with Crippen LogP contribution in [0.4, 0.5) is 0 Å². The van der Waals surface area contributed by atoms with Crippen LogP contribution >= 0.6 is 0 Å². The van der Waals surface area contributed by atoms with E-state index >= 15 is 0 Å². The van der Waals surface area contributed by atoms with Gasteiger partial charge in [0, 0.05) is 32.8 Å². The lowest BCUT2D eigenvalue weighted by Crippen LogP contribution is -2.02. The third-order valence-corrected chi connectivity index (χ3v) is 9.63. The van der Waals surface area contributed by atoms with Crippen LogP contribution in [0.5, 0.6) is 0 Å². The lowest BCUT2D eigenvalue weighted by Gasteiger charge is -2.17.